The first-order valence-corrected chi connectivity index (χ1v) is 12.5. The fraction of sp³-hybridized carbons (Fsp3) is 0.391. The number of aromatic nitrogens is 3. The molecule has 0 fully saturated rings. The number of carbonyl (C=O) groups is 2. The molecule has 11 heteroatoms. The van der Waals surface area contributed by atoms with Crippen LogP contribution in [-0.4, -0.2) is 59.7 Å². The van der Waals surface area contributed by atoms with E-state index in [1.807, 2.05) is 23.6 Å². The molecule has 182 valence electrons. The van der Waals surface area contributed by atoms with Gasteiger partial charge in [0.2, 0.25) is 21.8 Å². The lowest BCUT2D eigenvalue weighted by molar-refractivity contribution is -0.122. The smallest absolute Gasteiger partial charge is 0.242 e. The summed E-state index contributed by atoms with van der Waals surface area (Å²) in [6, 6.07) is 8.53. The topological polar surface area (TPSA) is 126 Å². The van der Waals surface area contributed by atoms with Gasteiger partial charge in [0.15, 0.2) is 0 Å². The summed E-state index contributed by atoms with van der Waals surface area (Å²) in [5.41, 5.74) is 2.35. The number of hydrogen-bond acceptors (Lipinski definition) is 6. The zero-order chi connectivity index (χ0) is 24.7. The molecule has 10 nitrogen and oxygen atoms in total. The van der Waals surface area contributed by atoms with Crippen molar-refractivity contribution >= 4 is 32.9 Å². The third kappa shape index (κ3) is 6.17. The number of rotatable bonds is 11. The fourth-order valence-electron chi connectivity index (χ4n) is 3.49. The SMILES string of the molecule is CCn1c(CCC(=O)NCCC(=O)NCc2ccncc2)nc2cc(S(=O)(=O)N(C)C)ccc21. The Hall–Kier alpha value is -3.31. The van der Waals surface area contributed by atoms with Gasteiger partial charge in [-0.25, -0.2) is 17.7 Å². The Labute approximate surface area is 199 Å². The minimum atomic E-state index is -3.56. The molecular weight excluding hydrogens is 456 g/mol. The van der Waals surface area contributed by atoms with E-state index in [1.54, 1.807) is 30.6 Å². The summed E-state index contributed by atoms with van der Waals surface area (Å²) in [5.74, 6) is 0.392. The number of sulfonamides is 1. The van der Waals surface area contributed by atoms with Crippen molar-refractivity contribution in [1.82, 2.24) is 29.5 Å². The summed E-state index contributed by atoms with van der Waals surface area (Å²) >= 11 is 0. The number of imidazole rings is 1. The molecule has 0 bridgehead atoms. The van der Waals surface area contributed by atoms with Gasteiger partial charge in [0.05, 0.1) is 15.9 Å². The predicted molar refractivity (Wildman–Crippen MR) is 128 cm³/mol. The van der Waals surface area contributed by atoms with E-state index in [2.05, 4.69) is 20.6 Å². The lowest BCUT2D eigenvalue weighted by atomic mass is 10.2. The molecule has 0 saturated carbocycles. The van der Waals surface area contributed by atoms with Gasteiger partial charge in [0.1, 0.15) is 5.82 Å². The van der Waals surface area contributed by atoms with E-state index in [-0.39, 0.29) is 36.1 Å². The van der Waals surface area contributed by atoms with Crippen LogP contribution >= 0.6 is 0 Å². The number of benzene rings is 1. The average molecular weight is 487 g/mol. The Morgan fingerprint density at radius 2 is 1.74 bits per heavy atom. The minimum Gasteiger partial charge on any atom is -0.356 e. The van der Waals surface area contributed by atoms with Crippen LogP contribution in [0.25, 0.3) is 11.0 Å². The van der Waals surface area contributed by atoms with Crippen molar-refractivity contribution in [3.8, 4) is 0 Å². The van der Waals surface area contributed by atoms with Gasteiger partial charge in [-0.15, -0.1) is 0 Å². The molecule has 0 aliphatic carbocycles. The molecule has 3 aromatic rings. The molecule has 0 saturated heterocycles. The summed E-state index contributed by atoms with van der Waals surface area (Å²) in [4.78, 5) is 32.9. The van der Waals surface area contributed by atoms with E-state index >= 15 is 0 Å². The number of fused-ring (bicyclic) bond motifs is 1. The highest BCUT2D eigenvalue weighted by molar-refractivity contribution is 7.89. The molecule has 1 aromatic carbocycles. The van der Waals surface area contributed by atoms with Crippen LogP contribution in [0, 0.1) is 0 Å². The maximum atomic E-state index is 12.4. The second-order valence-corrected chi connectivity index (χ2v) is 10.1. The summed E-state index contributed by atoms with van der Waals surface area (Å²) in [6.45, 7) is 3.28. The van der Waals surface area contributed by atoms with E-state index < -0.39 is 10.0 Å². The summed E-state index contributed by atoms with van der Waals surface area (Å²) < 4.78 is 28.0. The third-order valence-corrected chi connectivity index (χ3v) is 7.19. The van der Waals surface area contributed by atoms with Crippen LogP contribution in [0.15, 0.2) is 47.6 Å². The van der Waals surface area contributed by atoms with Crippen LogP contribution < -0.4 is 10.6 Å². The second-order valence-electron chi connectivity index (χ2n) is 7.94. The van der Waals surface area contributed by atoms with Gasteiger partial charge in [0, 0.05) is 65.4 Å². The van der Waals surface area contributed by atoms with Crippen LogP contribution in [0.5, 0.6) is 0 Å². The Bertz CT molecular complexity index is 1260. The van der Waals surface area contributed by atoms with E-state index in [0.29, 0.717) is 30.9 Å². The summed E-state index contributed by atoms with van der Waals surface area (Å²) in [6.07, 6.45) is 4.13. The predicted octanol–water partition coefficient (Wildman–Crippen LogP) is 1.46. The third-order valence-electron chi connectivity index (χ3n) is 5.38. The van der Waals surface area contributed by atoms with Crippen LogP contribution in [0.4, 0.5) is 0 Å². The normalized spacial score (nSPS) is 11.6. The first-order valence-electron chi connectivity index (χ1n) is 11.1. The van der Waals surface area contributed by atoms with E-state index in [1.165, 1.54) is 14.1 Å². The number of nitrogens with one attached hydrogen (secondary N) is 2. The van der Waals surface area contributed by atoms with Crippen LogP contribution in [0.3, 0.4) is 0 Å². The highest BCUT2D eigenvalue weighted by Crippen LogP contribution is 2.22. The summed E-state index contributed by atoms with van der Waals surface area (Å²) in [7, 11) is -0.587. The first-order chi connectivity index (χ1) is 16.2. The molecule has 0 radical (unpaired) electrons. The quantitative estimate of drug-likeness (QED) is 0.423. The van der Waals surface area contributed by atoms with Gasteiger partial charge in [0.25, 0.3) is 0 Å². The van der Waals surface area contributed by atoms with Crippen molar-refractivity contribution in [2.75, 3.05) is 20.6 Å². The monoisotopic (exact) mass is 486 g/mol. The lowest BCUT2D eigenvalue weighted by Crippen LogP contribution is -2.30. The molecule has 2 N–H and O–H groups in total. The zero-order valence-corrected chi connectivity index (χ0v) is 20.4. The van der Waals surface area contributed by atoms with E-state index in [9.17, 15) is 18.0 Å². The highest BCUT2D eigenvalue weighted by Gasteiger charge is 2.19. The Balaban J connectivity index is 1.53. The Morgan fingerprint density at radius 3 is 2.41 bits per heavy atom. The minimum absolute atomic E-state index is 0.145. The van der Waals surface area contributed by atoms with Crippen LogP contribution in [0.2, 0.25) is 0 Å². The number of carbonyl (C=O) groups excluding carboxylic acids is 2. The van der Waals surface area contributed by atoms with E-state index in [0.717, 1.165) is 15.4 Å². The maximum Gasteiger partial charge on any atom is 0.242 e. The van der Waals surface area contributed by atoms with Crippen molar-refractivity contribution < 1.29 is 18.0 Å². The molecule has 3 rings (SSSR count). The number of hydrogen-bond donors (Lipinski definition) is 2. The van der Waals surface area contributed by atoms with Crippen molar-refractivity contribution in [1.29, 1.82) is 0 Å². The molecule has 0 aliphatic rings. The molecule has 2 amide bonds. The van der Waals surface area contributed by atoms with Crippen LogP contribution in [0.1, 0.15) is 31.2 Å². The van der Waals surface area contributed by atoms with Gasteiger partial charge in [-0.1, -0.05) is 0 Å². The van der Waals surface area contributed by atoms with Crippen molar-refractivity contribution in [2.24, 2.45) is 0 Å². The van der Waals surface area contributed by atoms with Crippen molar-refractivity contribution in [3.63, 3.8) is 0 Å². The van der Waals surface area contributed by atoms with Gasteiger partial charge >= 0.3 is 0 Å². The molecule has 0 atom stereocenters. The molecule has 0 aliphatic heterocycles. The Morgan fingerprint density at radius 1 is 1.03 bits per heavy atom. The largest absolute Gasteiger partial charge is 0.356 e. The van der Waals surface area contributed by atoms with Gasteiger partial charge in [-0.05, 0) is 42.8 Å². The van der Waals surface area contributed by atoms with Gasteiger partial charge in [-0.2, -0.15) is 0 Å². The number of amides is 2. The average Bonchev–Trinajstić information content (AvgIpc) is 3.18. The standard InChI is InChI=1S/C23H30N6O4S/c1-4-29-20-6-5-18(34(32,33)28(2)3)15-19(20)27-21(29)7-8-22(30)25-14-11-23(31)26-16-17-9-12-24-13-10-17/h5-6,9-10,12-13,15H,4,7-8,11,14,16H2,1-3H3,(H,25,30)(H,26,31). The number of aryl methyl sites for hydroxylation is 2. The second kappa shape index (κ2) is 11.2. The van der Waals surface area contributed by atoms with Crippen LogP contribution in [-0.2, 0) is 39.1 Å². The lowest BCUT2D eigenvalue weighted by Gasteiger charge is -2.11. The summed E-state index contributed by atoms with van der Waals surface area (Å²) in [5, 5.41) is 5.57. The zero-order valence-electron chi connectivity index (χ0n) is 19.6. The van der Waals surface area contributed by atoms with Gasteiger partial charge < -0.3 is 15.2 Å². The maximum absolute atomic E-state index is 12.4. The van der Waals surface area contributed by atoms with E-state index in [4.69, 9.17) is 0 Å². The van der Waals surface area contributed by atoms with Crippen molar-refractivity contribution in [2.45, 2.75) is 44.2 Å². The highest BCUT2D eigenvalue weighted by atomic mass is 32.2. The van der Waals surface area contributed by atoms with Gasteiger partial charge in [-0.3, -0.25) is 14.6 Å². The molecular formula is C23H30N6O4S. The molecule has 2 heterocycles. The molecule has 34 heavy (non-hydrogen) atoms. The molecule has 0 unspecified atom stereocenters. The first kappa shape index (κ1) is 25.3. The Kier molecular flexibility index (Phi) is 8.35. The van der Waals surface area contributed by atoms with Crippen molar-refractivity contribution in [3.05, 3.63) is 54.1 Å². The number of pyridine rings is 1. The molecule has 2 aromatic heterocycles. The fourth-order valence-corrected chi connectivity index (χ4v) is 4.42. The number of nitrogens with zero attached hydrogens (tertiary/aromatic N) is 4. The molecule has 0 spiro atoms.